The molecule has 0 N–H and O–H groups in total. The zero-order valence-electron chi connectivity index (χ0n) is 6.34. The number of rotatable bonds is 1. The highest BCUT2D eigenvalue weighted by Crippen LogP contribution is 2.08. The largest absolute Gasteiger partial charge is 0.295 e. The van der Waals surface area contributed by atoms with Gasteiger partial charge in [-0.1, -0.05) is 0 Å². The molecule has 3 nitrogen and oxygen atoms in total. The van der Waals surface area contributed by atoms with Gasteiger partial charge in [0.25, 0.3) is 0 Å². The third kappa shape index (κ3) is 2.01. The first kappa shape index (κ1) is 9.13. The van der Waals surface area contributed by atoms with Crippen molar-refractivity contribution in [1.82, 2.24) is 4.98 Å². The van der Waals surface area contributed by atoms with Crippen LogP contribution in [0.1, 0.15) is 23.0 Å². The van der Waals surface area contributed by atoms with Crippen molar-refractivity contribution in [1.29, 1.82) is 5.26 Å². The Morgan fingerprint density at radius 2 is 2.33 bits per heavy atom. The molecule has 1 aromatic rings. The number of halogens is 1. The summed E-state index contributed by atoms with van der Waals surface area (Å²) in [5, 5.41) is 8.54. The Morgan fingerprint density at radius 3 is 2.83 bits per heavy atom. The first-order chi connectivity index (χ1) is 5.63. The van der Waals surface area contributed by atoms with E-state index in [0.717, 1.165) is 0 Å². The van der Waals surface area contributed by atoms with Crippen LogP contribution in [0.25, 0.3) is 0 Å². The van der Waals surface area contributed by atoms with Gasteiger partial charge in [0.2, 0.25) is 0 Å². The zero-order valence-corrected chi connectivity index (χ0v) is 8.49. The number of carbonyl (C=O) groups excluding carboxylic acids is 1. The summed E-state index contributed by atoms with van der Waals surface area (Å²) < 4.78 is 0.664. The van der Waals surface area contributed by atoms with E-state index < -0.39 is 0 Å². The summed E-state index contributed by atoms with van der Waals surface area (Å²) in [7, 11) is 0. The number of carbonyl (C=O) groups is 1. The van der Waals surface area contributed by atoms with Crippen molar-refractivity contribution in [3.63, 3.8) is 0 Å². The van der Waals surface area contributed by atoms with Crippen LogP contribution in [0.3, 0.4) is 0 Å². The predicted molar refractivity (Wildman–Crippen MR) is 51.7 cm³/mol. The van der Waals surface area contributed by atoms with Gasteiger partial charge >= 0.3 is 0 Å². The van der Waals surface area contributed by atoms with Crippen molar-refractivity contribution in [2.24, 2.45) is 0 Å². The molecule has 60 valence electrons. The normalized spacial score (nSPS) is 9.08. The van der Waals surface area contributed by atoms with Crippen LogP contribution in [0.2, 0.25) is 0 Å². The average molecular weight is 272 g/mol. The molecule has 0 aliphatic heterocycles. The van der Waals surface area contributed by atoms with Gasteiger partial charge < -0.3 is 0 Å². The summed E-state index contributed by atoms with van der Waals surface area (Å²) in [6, 6.07) is 5.04. The van der Waals surface area contributed by atoms with Crippen LogP contribution in [0.5, 0.6) is 0 Å². The second-order valence-corrected chi connectivity index (χ2v) is 3.34. The van der Waals surface area contributed by atoms with Gasteiger partial charge in [0, 0.05) is 5.56 Å². The molecule has 0 aliphatic rings. The number of hydrogen-bond donors (Lipinski definition) is 0. The predicted octanol–water partition coefficient (Wildman–Crippen LogP) is 1.76. The minimum Gasteiger partial charge on any atom is -0.295 e. The van der Waals surface area contributed by atoms with Crippen LogP contribution in [0.4, 0.5) is 0 Å². The van der Waals surface area contributed by atoms with E-state index >= 15 is 0 Å². The molecule has 0 atom stereocenters. The molecule has 0 spiro atoms. The highest BCUT2D eigenvalue weighted by atomic mass is 127. The summed E-state index contributed by atoms with van der Waals surface area (Å²) in [6.07, 6.45) is 0. The SMILES string of the molecule is CC(=O)c1cc(I)nc(C#N)c1. The lowest BCUT2D eigenvalue weighted by atomic mass is 10.2. The van der Waals surface area contributed by atoms with Crippen LogP contribution >= 0.6 is 22.6 Å². The molecule has 1 aromatic heterocycles. The van der Waals surface area contributed by atoms with Crippen molar-refractivity contribution >= 4 is 28.4 Å². The van der Waals surface area contributed by atoms with Crippen molar-refractivity contribution in [2.75, 3.05) is 0 Å². The molecule has 0 unspecified atom stereocenters. The fraction of sp³-hybridized carbons (Fsp3) is 0.125. The lowest BCUT2D eigenvalue weighted by molar-refractivity contribution is 0.101. The molecule has 12 heavy (non-hydrogen) atoms. The Hall–Kier alpha value is -0.960. The van der Waals surface area contributed by atoms with Crippen LogP contribution in [0, 0.1) is 15.0 Å². The Balaban J connectivity index is 3.26. The van der Waals surface area contributed by atoms with Crippen molar-refractivity contribution in [3.8, 4) is 6.07 Å². The molecule has 0 aromatic carbocycles. The van der Waals surface area contributed by atoms with E-state index in [0.29, 0.717) is 9.26 Å². The van der Waals surface area contributed by atoms with Gasteiger partial charge in [-0.05, 0) is 41.6 Å². The molecular weight excluding hydrogens is 267 g/mol. The monoisotopic (exact) mass is 272 g/mol. The Morgan fingerprint density at radius 1 is 1.67 bits per heavy atom. The molecule has 0 saturated heterocycles. The van der Waals surface area contributed by atoms with Crippen molar-refractivity contribution < 1.29 is 4.79 Å². The molecule has 0 radical (unpaired) electrons. The molecule has 0 bridgehead atoms. The van der Waals surface area contributed by atoms with E-state index in [-0.39, 0.29) is 11.5 Å². The molecule has 1 rings (SSSR count). The molecular formula is C8H5IN2O. The van der Waals surface area contributed by atoms with Crippen LogP contribution < -0.4 is 0 Å². The smallest absolute Gasteiger partial charge is 0.159 e. The minimum atomic E-state index is -0.0492. The number of nitrogens with zero attached hydrogens (tertiary/aromatic N) is 2. The standard InChI is InChI=1S/C8H5IN2O/c1-5(12)6-2-7(4-10)11-8(9)3-6/h2-3H,1H3. The Bertz CT molecular complexity index is 368. The first-order valence-electron chi connectivity index (χ1n) is 3.22. The maximum atomic E-state index is 10.9. The maximum absolute atomic E-state index is 10.9. The Kier molecular flexibility index (Phi) is 2.76. The lowest BCUT2D eigenvalue weighted by Gasteiger charge is -1.96. The van der Waals surface area contributed by atoms with Gasteiger partial charge in [0.05, 0.1) is 0 Å². The quantitative estimate of drug-likeness (QED) is 0.444. The molecule has 0 aliphatic carbocycles. The van der Waals surface area contributed by atoms with Gasteiger partial charge in [-0.3, -0.25) is 4.79 Å². The first-order valence-corrected chi connectivity index (χ1v) is 4.30. The molecule has 0 saturated carbocycles. The second kappa shape index (κ2) is 3.63. The van der Waals surface area contributed by atoms with Gasteiger partial charge in [0.1, 0.15) is 15.5 Å². The summed E-state index contributed by atoms with van der Waals surface area (Å²) in [6.45, 7) is 1.46. The number of nitriles is 1. The zero-order chi connectivity index (χ0) is 9.14. The highest BCUT2D eigenvalue weighted by molar-refractivity contribution is 14.1. The number of Topliss-reactive ketones (excluding diaryl/α,β-unsaturated/α-hetero) is 1. The van der Waals surface area contributed by atoms with Crippen molar-refractivity contribution in [2.45, 2.75) is 6.92 Å². The number of pyridine rings is 1. The van der Waals surface area contributed by atoms with Crippen LogP contribution in [-0.2, 0) is 0 Å². The summed E-state index contributed by atoms with van der Waals surface area (Å²) in [5.41, 5.74) is 0.818. The van der Waals surface area contributed by atoms with E-state index in [9.17, 15) is 4.79 Å². The fourth-order valence-electron chi connectivity index (χ4n) is 0.757. The van der Waals surface area contributed by atoms with E-state index in [1.54, 1.807) is 6.07 Å². The highest BCUT2D eigenvalue weighted by Gasteiger charge is 2.03. The topological polar surface area (TPSA) is 53.8 Å². The Labute approximate surface area is 83.6 Å². The van der Waals surface area contributed by atoms with Gasteiger partial charge in [-0.2, -0.15) is 5.26 Å². The van der Waals surface area contributed by atoms with E-state index in [1.807, 2.05) is 28.7 Å². The third-order valence-corrected chi connectivity index (χ3v) is 1.87. The number of aromatic nitrogens is 1. The average Bonchev–Trinajstić information content (AvgIpc) is 2.03. The number of hydrogen-bond acceptors (Lipinski definition) is 3. The molecule has 4 heteroatoms. The summed E-state index contributed by atoms with van der Waals surface area (Å²) in [5.74, 6) is -0.0492. The molecule has 0 fully saturated rings. The van der Waals surface area contributed by atoms with Gasteiger partial charge in [0.15, 0.2) is 5.78 Å². The fourth-order valence-corrected chi connectivity index (χ4v) is 1.35. The van der Waals surface area contributed by atoms with Gasteiger partial charge in [-0.25, -0.2) is 4.98 Å². The summed E-state index contributed by atoms with van der Waals surface area (Å²) >= 11 is 1.97. The second-order valence-electron chi connectivity index (χ2n) is 2.23. The van der Waals surface area contributed by atoms with Crippen LogP contribution in [-0.4, -0.2) is 10.8 Å². The van der Waals surface area contributed by atoms with E-state index in [1.165, 1.54) is 13.0 Å². The number of ketones is 1. The van der Waals surface area contributed by atoms with Gasteiger partial charge in [-0.15, -0.1) is 0 Å². The van der Waals surface area contributed by atoms with Crippen LogP contribution in [0.15, 0.2) is 12.1 Å². The lowest BCUT2D eigenvalue weighted by Crippen LogP contribution is -1.96. The summed E-state index contributed by atoms with van der Waals surface area (Å²) in [4.78, 5) is 14.8. The molecule has 0 amide bonds. The molecule has 1 heterocycles. The minimum absolute atomic E-state index is 0.0492. The van der Waals surface area contributed by atoms with E-state index in [4.69, 9.17) is 5.26 Å². The van der Waals surface area contributed by atoms with Crippen molar-refractivity contribution in [3.05, 3.63) is 27.1 Å². The van der Waals surface area contributed by atoms with E-state index in [2.05, 4.69) is 4.98 Å². The maximum Gasteiger partial charge on any atom is 0.159 e. The third-order valence-electron chi connectivity index (χ3n) is 1.32.